The third-order valence-corrected chi connectivity index (χ3v) is 4.47. The van der Waals surface area contributed by atoms with Crippen LogP contribution in [0.1, 0.15) is 17.2 Å². The molecule has 2 aromatic carbocycles. The van der Waals surface area contributed by atoms with Crippen molar-refractivity contribution in [2.24, 2.45) is 0 Å². The van der Waals surface area contributed by atoms with Crippen LogP contribution in [-0.2, 0) is 14.3 Å². The third-order valence-electron chi connectivity index (χ3n) is 4.25. The van der Waals surface area contributed by atoms with Crippen molar-refractivity contribution in [2.75, 3.05) is 14.2 Å². The van der Waals surface area contributed by atoms with Crippen LogP contribution in [0.15, 0.2) is 54.1 Å². The van der Waals surface area contributed by atoms with E-state index >= 15 is 0 Å². The smallest absolute Gasteiger partial charge is 0.379 e. The molecule has 0 aliphatic carbocycles. The molecule has 1 aliphatic rings. The Morgan fingerprint density at radius 3 is 2.54 bits per heavy atom. The average Bonchev–Trinajstić information content (AvgIpc) is 2.72. The number of hydrogen-bond donors (Lipinski definition) is 2. The number of ketones is 1. The lowest BCUT2D eigenvalue weighted by Gasteiger charge is -2.31. The molecule has 2 aromatic rings. The number of para-hydroxylation sites is 1. The Morgan fingerprint density at radius 2 is 1.86 bits per heavy atom. The van der Waals surface area contributed by atoms with Gasteiger partial charge in [-0.15, -0.1) is 0 Å². The summed E-state index contributed by atoms with van der Waals surface area (Å²) < 4.78 is 23.8. The second-order valence-electron chi connectivity index (χ2n) is 5.90. The van der Waals surface area contributed by atoms with Gasteiger partial charge in [-0.05, 0) is 42.0 Å². The molecular weight excluding hydrogens is 383 g/mol. The van der Waals surface area contributed by atoms with Gasteiger partial charge in [0.25, 0.3) is 5.78 Å². The monoisotopic (exact) mass is 400 g/mol. The first kappa shape index (κ1) is 19.5. The molecule has 1 aliphatic heterocycles. The molecule has 0 fully saturated rings. The first-order valence-corrected chi connectivity index (χ1v) is 8.70. The van der Waals surface area contributed by atoms with Gasteiger partial charge in [-0.25, -0.2) is 9.18 Å². The van der Waals surface area contributed by atoms with Gasteiger partial charge in [0, 0.05) is 5.56 Å². The van der Waals surface area contributed by atoms with Gasteiger partial charge in [0.15, 0.2) is 5.11 Å². The highest BCUT2D eigenvalue weighted by atomic mass is 32.1. The van der Waals surface area contributed by atoms with Crippen molar-refractivity contribution in [3.05, 3.63) is 71.0 Å². The molecule has 0 saturated carbocycles. The van der Waals surface area contributed by atoms with E-state index in [1.807, 2.05) is 0 Å². The predicted molar refractivity (Wildman–Crippen MR) is 105 cm³/mol. The van der Waals surface area contributed by atoms with Crippen molar-refractivity contribution in [3.63, 3.8) is 0 Å². The molecule has 144 valence electrons. The molecule has 1 heterocycles. The van der Waals surface area contributed by atoms with Gasteiger partial charge in [-0.3, -0.25) is 4.79 Å². The zero-order valence-electron chi connectivity index (χ0n) is 15.1. The van der Waals surface area contributed by atoms with Crippen LogP contribution in [0.2, 0.25) is 0 Å². The van der Waals surface area contributed by atoms with Crippen molar-refractivity contribution >= 4 is 34.8 Å². The molecule has 0 amide bonds. The second kappa shape index (κ2) is 8.18. The summed E-state index contributed by atoms with van der Waals surface area (Å²) >= 11 is 5.29. The average molecular weight is 400 g/mol. The summed E-state index contributed by atoms with van der Waals surface area (Å²) in [6.07, 6.45) is 0. The maximum Gasteiger partial charge on any atom is 0.379 e. The molecule has 0 aromatic heterocycles. The van der Waals surface area contributed by atoms with Crippen LogP contribution in [0.25, 0.3) is 5.70 Å². The fourth-order valence-electron chi connectivity index (χ4n) is 3.01. The van der Waals surface area contributed by atoms with Gasteiger partial charge < -0.3 is 20.1 Å². The molecule has 0 radical (unpaired) electrons. The minimum Gasteiger partial charge on any atom is -0.496 e. The lowest BCUT2D eigenvalue weighted by Crippen LogP contribution is -2.46. The van der Waals surface area contributed by atoms with E-state index < -0.39 is 23.6 Å². The van der Waals surface area contributed by atoms with E-state index in [0.29, 0.717) is 22.6 Å². The highest BCUT2D eigenvalue weighted by molar-refractivity contribution is 7.80. The third kappa shape index (κ3) is 3.72. The van der Waals surface area contributed by atoms with Gasteiger partial charge in [-0.2, -0.15) is 0 Å². The van der Waals surface area contributed by atoms with Gasteiger partial charge >= 0.3 is 5.97 Å². The zero-order chi connectivity index (χ0) is 20.3. The molecule has 6 nitrogen and oxygen atoms in total. The number of hydrogen-bond acceptors (Lipinski definition) is 5. The summed E-state index contributed by atoms with van der Waals surface area (Å²) in [7, 11) is 2.61. The molecule has 0 unspecified atom stereocenters. The zero-order valence-corrected chi connectivity index (χ0v) is 15.9. The van der Waals surface area contributed by atoms with Crippen LogP contribution in [0.4, 0.5) is 4.39 Å². The summed E-state index contributed by atoms with van der Waals surface area (Å²) in [5.74, 6) is -1.92. The molecule has 28 heavy (non-hydrogen) atoms. The van der Waals surface area contributed by atoms with Crippen LogP contribution in [0, 0.1) is 5.82 Å². The standard InChI is InChI=1S/C20H17FN2O4S/c1-26-14-9-4-3-8-13(14)17-15(18(24)19(25)27-2)16(22-20(28)23-17)11-6-5-7-12(21)10-11/h3-10,16H,1-2H3,(H2,22,23,28)/t16-/m1/s1. The first-order chi connectivity index (χ1) is 13.5. The minimum atomic E-state index is -1.04. The van der Waals surface area contributed by atoms with Gasteiger partial charge in [0.2, 0.25) is 0 Å². The molecule has 0 saturated heterocycles. The summed E-state index contributed by atoms with van der Waals surface area (Å²) in [5, 5.41) is 6.08. The lowest BCUT2D eigenvalue weighted by molar-refractivity contribution is -0.150. The number of carbonyl (C=O) groups is 2. The minimum absolute atomic E-state index is 0.0514. The quantitative estimate of drug-likeness (QED) is 0.454. The van der Waals surface area contributed by atoms with Gasteiger partial charge in [0.05, 0.1) is 31.5 Å². The number of ether oxygens (including phenoxy) is 2. The summed E-state index contributed by atoms with van der Waals surface area (Å²) in [4.78, 5) is 25.0. The van der Waals surface area contributed by atoms with E-state index in [4.69, 9.17) is 17.0 Å². The Labute approximate surface area is 166 Å². The van der Waals surface area contributed by atoms with E-state index in [1.54, 1.807) is 30.3 Å². The van der Waals surface area contributed by atoms with Crippen LogP contribution in [0.3, 0.4) is 0 Å². The predicted octanol–water partition coefficient (Wildman–Crippen LogP) is 2.51. The van der Waals surface area contributed by atoms with Gasteiger partial charge in [0.1, 0.15) is 11.6 Å². The number of Topliss-reactive ketones (excluding diaryl/α,β-unsaturated/α-hetero) is 1. The highest BCUT2D eigenvalue weighted by Crippen LogP contribution is 2.35. The van der Waals surface area contributed by atoms with Crippen molar-refractivity contribution in [2.45, 2.75) is 6.04 Å². The highest BCUT2D eigenvalue weighted by Gasteiger charge is 2.36. The van der Waals surface area contributed by atoms with Crippen molar-refractivity contribution in [1.29, 1.82) is 0 Å². The van der Waals surface area contributed by atoms with Crippen LogP contribution in [-0.4, -0.2) is 31.1 Å². The van der Waals surface area contributed by atoms with Crippen LogP contribution >= 0.6 is 12.2 Å². The largest absolute Gasteiger partial charge is 0.496 e. The number of methoxy groups -OCH3 is 2. The van der Waals surface area contributed by atoms with Crippen LogP contribution < -0.4 is 15.4 Å². The summed E-state index contributed by atoms with van der Waals surface area (Å²) in [6.45, 7) is 0. The number of carbonyl (C=O) groups excluding carboxylic acids is 2. The number of esters is 1. The Kier molecular flexibility index (Phi) is 5.70. The maximum absolute atomic E-state index is 13.8. The topological polar surface area (TPSA) is 76.7 Å². The van der Waals surface area contributed by atoms with E-state index in [9.17, 15) is 14.0 Å². The summed E-state index contributed by atoms with van der Waals surface area (Å²) in [6, 6.07) is 11.8. The Bertz CT molecular complexity index is 990. The molecule has 3 rings (SSSR count). The number of nitrogens with one attached hydrogen (secondary N) is 2. The number of halogens is 1. The van der Waals surface area contributed by atoms with Gasteiger partial charge in [-0.1, -0.05) is 24.3 Å². The van der Waals surface area contributed by atoms with Crippen molar-refractivity contribution in [1.82, 2.24) is 10.6 Å². The number of thiocarbonyl (C=S) groups is 1. The molecule has 1 atom stereocenters. The Morgan fingerprint density at radius 1 is 1.11 bits per heavy atom. The Hall–Kier alpha value is -3.26. The number of benzene rings is 2. The fraction of sp³-hybridized carbons (Fsp3) is 0.150. The molecule has 0 bridgehead atoms. The molecule has 2 N–H and O–H groups in total. The second-order valence-corrected chi connectivity index (χ2v) is 6.30. The molecule has 8 heteroatoms. The van der Waals surface area contributed by atoms with E-state index in [-0.39, 0.29) is 10.7 Å². The fourth-order valence-corrected chi connectivity index (χ4v) is 3.23. The normalized spacial score (nSPS) is 16.1. The van der Waals surface area contributed by atoms with E-state index in [2.05, 4.69) is 15.4 Å². The summed E-state index contributed by atoms with van der Waals surface area (Å²) in [5.41, 5.74) is 1.31. The van der Waals surface area contributed by atoms with Crippen molar-refractivity contribution < 1.29 is 23.5 Å². The van der Waals surface area contributed by atoms with E-state index in [1.165, 1.54) is 25.3 Å². The van der Waals surface area contributed by atoms with Crippen LogP contribution in [0.5, 0.6) is 5.75 Å². The Balaban J connectivity index is 2.28. The van der Waals surface area contributed by atoms with Crippen molar-refractivity contribution in [3.8, 4) is 5.75 Å². The van der Waals surface area contributed by atoms with E-state index in [0.717, 1.165) is 7.11 Å². The SMILES string of the molecule is COC(=O)C(=O)C1=C(c2ccccc2OC)NC(=S)N[C@@H]1c1cccc(F)c1. The lowest BCUT2D eigenvalue weighted by atomic mass is 9.89. The number of rotatable bonds is 5. The maximum atomic E-state index is 13.8. The first-order valence-electron chi connectivity index (χ1n) is 8.29. The molecule has 0 spiro atoms. The molecular formula is C20H17FN2O4S.